The standard InChI is InChI=1S/C12H9NO2/c1-15-12-6-5-10(4-2-3-7-13)11(8-12)9-14/h5-6,8-9H,3H2,1H3. The van der Waals surface area contributed by atoms with Crippen LogP contribution in [-0.4, -0.2) is 13.4 Å². The zero-order chi connectivity index (χ0) is 11.1. The third-order valence-electron chi connectivity index (χ3n) is 1.78. The Hall–Kier alpha value is -2.26. The maximum Gasteiger partial charge on any atom is 0.151 e. The SMILES string of the molecule is COc1ccc(C#CCC#N)c(C=O)c1. The summed E-state index contributed by atoms with van der Waals surface area (Å²) in [6.07, 6.45) is 0.878. The van der Waals surface area contributed by atoms with Crippen molar-refractivity contribution >= 4 is 6.29 Å². The first kappa shape index (κ1) is 10.8. The van der Waals surface area contributed by atoms with Crippen molar-refractivity contribution in [3.05, 3.63) is 29.3 Å². The van der Waals surface area contributed by atoms with Crippen molar-refractivity contribution in [3.63, 3.8) is 0 Å². The second-order valence-corrected chi connectivity index (χ2v) is 2.71. The first-order valence-electron chi connectivity index (χ1n) is 4.31. The highest BCUT2D eigenvalue weighted by Gasteiger charge is 2.00. The van der Waals surface area contributed by atoms with E-state index in [-0.39, 0.29) is 6.42 Å². The molecule has 0 amide bonds. The van der Waals surface area contributed by atoms with Crippen LogP contribution in [0.4, 0.5) is 0 Å². The van der Waals surface area contributed by atoms with Gasteiger partial charge < -0.3 is 4.74 Å². The van der Waals surface area contributed by atoms with E-state index in [9.17, 15) is 4.79 Å². The van der Waals surface area contributed by atoms with Gasteiger partial charge in [-0.3, -0.25) is 4.79 Å². The number of carbonyl (C=O) groups is 1. The van der Waals surface area contributed by atoms with Crippen molar-refractivity contribution in [2.24, 2.45) is 0 Å². The number of rotatable bonds is 2. The highest BCUT2D eigenvalue weighted by atomic mass is 16.5. The second kappa shape index (κ2) is 5.47. The minimum absolute atomic E-state index is 0.157. The molecule has 0 aromatic heterocycles. The van der Waals surface area contributed by atoms with Gasteiger partial charge in [0.15, 0.2) is 6.29 Å². The average molecular weight is 199 g/mol. The normalized spacial score (nSPS) is 8.27. The van der Waals surface area contributed by atoms with Crippen molar-refractivity contribution in [2.45, 2.75) is 6.42 Å². The number of benzene rings is 1. The van der Waals surface area contributed by atoms with E-state index in [1.807, 2.05) is 6.07 Å². The largest absolute Gasteiger partial charge is 0.497 e. The lowest BCUT2D eigenvalue weighted by Crippen LogP contribution is -1.90. The van der Waals surface area contributed by atoms with E-state index in [0.717, 1.165) is 6.29 Å². The third-order valence-corrected chi connectivity index (χ3v) is 1.78. The van der Waals surface area contributed by atoms with E-state index >= 15 is 0 Å². The van der Waals surface area contributed by atoms with Crippen molar-refractivity contribution in [2.75, 3.05) is 7.11 Å². The number of ether oxygens (including phenoxy) is 1. The van der Waals surface area contributed by atoms with Gasteiger partial charge in [-0.2, -0.15) is 5.26 Å². The van der Waals surface area contributed by atoms with Gasteiger partial charge in [-0.15, -0.1) is 0 Å². The Morgan fingerprint density at radius 1 is 1.53 bits per heavy atom. The fourth-order valence-corrected chi connectivity index (χ4v) is 1.06. The molecule has 1 rings (SSSR count). The molecular formula is C12H9NO2. The van der Waals surface area contributed by atoms with Gasteiger partial charge >= 0.3 is 0 Å². The molecule has 0 aliphatic carbocycles. The summed E-state index contributed by atoms with van der Waals surface area (Å²) in [7, 11) is 1.53. The lowest BCUT2D eigenvalue weighted by atomic mass is 10.1. The van der Waals surface area contributed by atoms with E-state index in [0.29, 0.717) is 16.9 Å². The predicted octanol–water partition coefficient (Wildman–Crippen LogP) is 1.77. The molecule has 0 N–H and O–H groups in total. The van der Waals surface area contributed by atoms with E-state index < -0.39 is 0 Å². The Morgan fingerprint density at radius 3 is 2.93 bits per heavy atom. The lowest BCUT2D eigenvalue weighted by molar-refractivity contribution is 0.112. The maximum atomic E-state index is 10.7. The van der Waals surface area contributed by atoms with E-state index in [4.69, 9.17) is 10.00 Å². The predicted molar refractivity (Wildman–Crippen MR) is 55.5 cm³/mol. The number of nitrogens with zero attached hydrogens (tertiary/aromatic N) is 1. The third kappa shape index (κ3) is 2.86. The molecule has 3 nitrogen and oxygen atoms in total. The summed E-state index contributed by atoms with van der Waals surface area (Å²) in [5, 5.41) is 8.31. The fourth-order valence-electron chi connectivity index (χ4n) is 1.06. The number of methoxy groups -OCH3 is 1. The molecule has 15 heavy (non-hydrogen) atoms. The van der Waals surface area contributed by atoms with Gasteiger partial charge in [-0.05, 0) is 18.2 Å². The number of hydrogen-bond donors (Lipinski definition) is 0. The number of carbonyl (C=O) groups excluding carboxylic acids is 1. The Labute approximate surface area is 88.3 Å². The second-order valence-electron chi connectivity index (χ2n) is 2.71. The molecule has 0 atom stereocenters. The molecule has 0 aliphatic heterocycles. The summed E-state index contributed by atoms with van der Waals surface area (Å²) in [6.45, 7) is 0. The van der Waals surface area contributed by atoms with Gasteiger partial charge in [0.05, 0.1) is 19.6 Å². The summed E-state index contributed by atoms with van der Waals surface area (Å²) in [5.41, 5.74) is 1.08. The van der Waals surface area contributed by atoms with Crippen molar-refractivity contribution < 1.29 is 9.53 Å². The molecule has 0 saturated carbocycles. The number of hydrogen-bond acceptors (Lipinski definition) is 3. The Bertz CT molecular complexity index is 461. The van der Waals surface area contributed by atoms with Gasteiger partial charge in [0.1, 0.15) is 5.75 Å². The molecule has 74 valence electrons. The molecule has 0 radical (unpaired) electrons. The van der Waals surface area contributed by atoms with E-state index in [2.05, 4.69) is 11.8 Å². The molecule has 0 heterocycles. The van der Waals surface area contributed by atoms with Crippen LogP contribution < -0.4 is 4.74 Å². The Kier molecular flexibility index (Phi) is 3.94. The van der Waals surface area contributed by atoms with E-state index in [1.54, 1.807) is 18.2 Å². The van der Waals surface area contributed by atoms with Crippen molar-refractivity contribution in [1.82, 2.24) is 0 Å². The van der Waals surface area contributed by atoms with Crippen LogP contribution in [0.25, 0.3) is 0 Å². The first-order valence-corrected chi connectivity index (χ1v) is 4.31. The van der Waals surface area contributed by atoms with Crippen LogP contribution in [0.5, 0.6) is 5.75 Å². The van der Waals surface area contributed by atoms with Crippen molar-refractivity contribution in [1.29, 1.82) is 5.26 Å². The lowest BCUT2D eigenvalue weighted by Gasteiger charge is -2.01. The monoisotopic (exact) mass is 199 g/mol. The molecule has 1 aromatic rings. The van der Waals surface area contributed by atoms with Gasteiger partial charge in [0.2, 0.25) is 0 Å². The summed E-state index contributed by atoms with van der Waals surface area (Å²) >= 11 is 0. The molecule has 1 aromatic carbocycles. The molecule has 0 saturated heterocycles. The van der Waals surface area contributed by atoms with Crippen LogP contribution in [0.15, 0.2) is 18.2 Å². The van der Waals surface area contributed by atoms with Crippen LogP contribution >= 0.6 is 0 Å². The Morgan fingerprint density at radius 2 is 2.33 bits per heavy atom. The average Bonchev–Trinajstić information content (AvgIpc) is 2.29. The topological polar surface area (TPSA) is 50.1 Å². The van der Waals surface area contributed by atoms with Crippen molar-refractivity contribution in [3.8, 4) is 23.7 Å². The first-order chi connectivity index (χ1) is 7.31. The maximum absolute atomic E-state index is 10.7. The highest BCUT2D eigenvalue weighted by Crippen LogP contribution is 2.15. The number of aldehydes is 1. The van der Waals surface area contributed by atoms with E-state index in [1.165, 1.54) is 7.11 Å². The minimum Gasteiger partial charge on any atom is -0.497 e. The highest BCUT2D eigenvalue weighted by molar-refractivity contribution is 5.80. The molecule has 3 heteroatoms. The zero-order valence-corrected chi connectivity index (χ0v) is 8.28. The quantitative estimate of drug-likeness (QED) is 0.538. The summed E-state index contributed by atoms with van der Waals surface area (Å²) in [4.78, 5) is 10.7. The fraction of sp³-hybridized carbons (Fsp3) is 0.167. The number of nitriles is 1. The summed E-state index contributed by atoms with van der Waals surface area (Å²) in [6, 6.07) is 6.95. The molecule has 0 fully saturated rings. The smallest absolute Gasteiger partial charge is 0.151 e. The van der Waals surface area contributed by atoms with Gasteiger partial charge in [-0.1, -0.05) is 11.8 Å². The van der Waals surface area contributed by atoms with Crippen LogP contribution in [0.2, 0.25) is 0 Å². The summed E-state index contributed by atoms with van der Waals surface area (Å²) in [5.74, 6) is 6.02. The van der Waals surface area contributed by atoms with Crippen LogP contribution in [-0.2, 0) is 0 Å². The zero-order valence-electron chi connectivity index (χ0n) is 8.28. The molecule has 0 aliphatic rings. The molecule has 0 spiro atoms. The Balaban J connectivity index is 3.05. The van der Waals surface area contributed by atoms with Gasteiger partial charge in [0.25, 0.3) is 0 Å². The summed E-state index contributed by atoms with van der Waals surface area (Å²) < 4.78 is 4.98. The molecular weight excluding hydrogens is 190 g/mol. The van der Waals surface area contributed by atoms with Crippen LogP contribution in [0.3, 0.4) is 0 Å². The molecule has 0 unspecified atom stereocenters. The van der Waals surface area contributed by atoms with Crippen LogP contribution in [0, 0.1) is 23.2 Å². The van der Waals surface area contributed by atoms with Crippen LogP contribution in [0.1, 0.15) is 22.3 Å². The van der Waals surface area contributed by atoms with Gasteiger partial charge in [0, 0.05) is 11.1 Å². The minimum atomic E-state index is 0.157. The van der Waals surface area contributed by atoms with Gasteiger partial charge in [-0.25, -0.2) is 0 Å². The molecule has 0 bridgehead atoms.